The average Bonchev–Trinajstić information content (AvgIpc) is 3.27. The van der Waals surface area contributed by atoms with Crippen LogP contribution in [0.2, 0.25) is 0 Å². The fourth-order valence-corrected chi connectivity index (χ4v) is 4.68. The zero-order chi connectivity index (χ0) is 24.3. The first kappa shape index (κ1) is 23.9. The van der Waals surface area contributed by atoms with Gasteiger partial charge in [0.1, 0.15) is 0 Å². The highest BCUT2D eigenvalue weighted by Gasteiger charge is 2.40. The van der Waals surface area contributed by atoms with Gasteiger partial charge in [-0.15, -0.1) is 0 Å². The van der Waals surface area contributed by atoms with Gasteiger partial charge in [0.15, 0.2) is 5.69 Å². The standard InChI is InChI=1S/C24H23F3N4O2S/c1-16-4-2-3-5-20(16)31-22(24(25,26)27)19(15-28-31)23(33)29-18-8-6-17(7-9-18)14-21(32)30-10-12-34-13-11-30/h2-9,15H,10-14H2,1H3,(H,29,33). The average molecular weight is 489 g/mol. The lowest BCUT2D eigenvalue weighted by Crippen LogP contribution is -2.38. The molecule has 0 spiro atoms. The van der Waals surface area contributed by atoms with Gasteiger partial charge in [-0.1, -0.05) is 30.3 Å². The first-order valence-corrected chi connectivity index (χ1v) is 11.9. The molecule has 1 saturated heterocycles. The molecule has 3 aromatic rings. The topological polar surface area (TPSA) is 67.2 Å². The zero-order valence-electron chi connectivity index (χ0n) is 18.4. The summed E-state index contributed by atoms with van der Waals surface area (Å²) in [7, 11) is 0. The molecule has 10 heteroatoms. The van der Waals surface area contributed by atoms with Crippen LogP contribution in [0.4, 0.5) is 18.9 Å². The predicted octanol–water partition coefficient (Wildman–Crippen LogP) is 4.57. The number of para-hydroxylation sites is 1. The SMILES string of the molecule is Cc1ccccc1-n1ncc(C(=O)Nc2ccc(CC(=O)N3CCSCC3)cc2)c1C(F)(F)F. The van der Waals surface area contributed by atoms with E-state index in [9.17, 15) is 22.8 Å². The van der Waals surface area contributed by atoms with Crippen LogP contribution in [-0.4, -0.2) is 51.1 Å². The van der Waals surface area contributed by atoms with Gasteiger partial charge in [0.25, 0.3) is 5.91 Å². The van der Waals surface area contributed by atoms with Gasteiger partial charge in [-0.3, -0.25) is 9.59 Å². The highest BCUT2D eigenvalue weighted by atomic mass is 32.2. The first-order chi connectivity index (χ1) is 16.2. The fraction of sp³-hybridized carbons (Fsp3) is 0.292. The molecule has 0 aliphatic carbocycles. The Morgan fingerprint density at radius 1 is 1.06 bits per heavy atom. The molecule has 6 nitrogen and oxygen atoms in total. The van der Waals surface area contributed by atoms with Crippen molar-refractivity contribution in [1.29, 1.82) is 0 Å². The van der Waals surface area contributed by atoms with Crippen LogP contribution >= 0.6 is 11.8 Å². The number of amides is 2. The molecule has 0 saturated carbocycles. The number of nitrogens with zero attached hydrogens (tertiary/aromatic N) is 3. The second-order valence-electron chi connectivity index (χ2n) is 7.92. The van der Waals surface area contributed by atoms with Crippen molar-refractivity contribution in [3.05, 3.63) is 77.1 Å². The van der Waals surface area contributed by atoms with E-state index >= 15 is 0 Å². The van der Waals surface area contributed by atoms with Crippen LogP contribution in [0.15, 0.2) is 54.7 Å². The number of nitrogens with one attached hydrogen (secondary N) is 1. The van der Waals surface area contributed by atoms with Crippen molar-refractivity contribution in [2.24, 2.45) is 0 Å². The van der Waals surface area contributed by atoms with Crippen molar-refractivity contribution in [2.75, 3.05) is 29.9 Å². The van der Waals surface area contributed by atoms with E-state index < -0.39 is 23.3 Å². The molecule has 0 bridgehead atoms. The minimum absolute atomic E-state index is 0.0375. The Balaban J connectivity index is 1.50. The van der Waals surface area contributed by atoms with Gasteiger partial charge < -0.3 is 10.2 Å². The lowest BCUT2D eigenvalue weighted by atomic mass is 10.1. The predicted molar refractivity (Wildman–Crippen MR) is 125 cm³/mol. The second-order valence-corrected chi connectivity index (χ2v) is 9.15. The summed E-state index contributed by atoms with van der Waals surface area (Å²) in [5.74, 6) is 0.978. The molecule has 2 amide bonds. The molecule has 1 aliphatic rings. The number of carbonyl (C=O) groups excluding carboxylic acids is 2. The summed E-state index contributed by atoms with van der Waals surface area (Å²) in [6.45, 7) is 3.14. The van der Waals surface area contributed by atoms with E-state index in [1.807, 2.05) is 16.7 Å². The number of aryl methyl sites for hydroxylation is 1. The second kappa shape index (κ2) is 9.92. The number of hydrogen-bond acceptors (Lipinski definition) is 4. The minimum Gasteiger partial charge on any atom is -0.341 e. The Bertz CT molecular complexity index is 1190. The van der Waals surface area contributed by atoms with Crippen LogP contribution in [0.5, 0.6) is 0 Å². The molecule has 4 rings (SSSR count). The van der Waals surface area contributed by atoms with Crippen LogP contribution in [0, 0.1) is 6.92 Å². The third-order valence-corrected chi connectivity index (χ3v) is 6.50. The smallest absolute Gasteiger partial charge is 0.341 e. The van der Waals surface area contributed by atoms with Gasteiger partial charge >= 0.3 is 6.18 Å². The minimum atomic E-state index is -4.79. The molecule has 0 atom stereocenters. The lowest BCUT2D eigenvalue weighted by Gasteiger charge is -2.26. The molecule has 1 N–H and O–H groups in total. The molecular formula is C24H23F3N4O2S. The molecule has 1 fully saturated rings. The molecule has 2 aromatic carbocycles. The van der Waals surface area contributed by atoms with Gasteiger partial charge in [-0.2, -0.15) is 30.0 Å². The van der Waals surface area contributed by atoms with E-state index in [-0.39, 0.29) is 18.0 Å². The van der Waals surface area contributed by atoms with Crippen molar-refractivity contribution in [3.8, 4) is 5.69 Å². The summed E-state index contributed by atoms with van der Waals surface area (Å²) in [4.78, 5) is 27.0. The van der Waals surface area contributed by atoms with E-state index in [0.29, 0.717) is 11.3 Å². The van der Waals surface area contributed by atoms with Crippen LogP contribution in [-0.2, 0) is 17.4 Å². The van der Waals surface area contributed by atoms with Crippen molar-refractivity contribution in [1.82, 2.24) is 14.7 Å². The van der Waals surface area contributed by atoms with E-state index in [2.05, 4.69) is 10.4 Å². The lowest BCUT2D eigenvalue weighted by molar-refractivity contribution is -0.143. The number of thioether (sulfide) groups is 1. The number of benzene rings is 2. The summed E-state index contributed by atoms with van der Waals surface area (Å²) in [5.41, 5.74) is 0.225. The number of hydrogen-bond donors (Lipinski definition) is 1. The number of rotatable bonds is 5. The van der Waals surface area contributed by atoms with Crippen molar-refractivity contribution < 1.29 is 22.8 Å². The van der Waals surface area contributed by atoms with Gasteiger partial charge in [0.2, 0.25) is 5.91 Å². The third kappa shape index (κ3) is 5.27. The molecule has 2 heterocycles. The van der Waals surface area contributed by atoms with Crippen molar-refractivity contribution >= 4 is 29.3 Å². The van der Waals surface area contributed by atoms with E-state index in [0.717, 1.165) is 41.0 Å². The van der Waals surface area contributed by atoms with Gasteiger partial charge in [0, 0.05) is 30.3 Å². The van der Waals surface area contributed by atoms with Crippen LogP contribution in [0.1, 0.15) is 27.2 Å². The fourth-order valence-electron chi connectivity index (χ4n) is 3.77. The van der Waals surface area contributed by atoms with Gasteiger partial charge in [0.05, 0.1) is 23.9 Å². The summed E-state index contributed by atoms with van der Waals surface area (Å²) in [6, 6.07) is 13.0. The highest BCUT2D eigenvalue weighted by Crippen LogP contribution is 2.34. The highest BCUT2D eigenvalue weighted by molar-refractivity contribution is 7.99. The first-order valence-electron chi connectivity index (χ1n) is 10.7. The van der Waals surface area contributed by atoms with E-state index in [1.165, 1.54) is 6.07 Å². The Kier molecular flexibility index (Phi) is 6.97. The van der Waals surface area contributed by atoms with Gasteiger partial charge in [-0.25, -0.2) is 4.68 Å². The molecule has 0 radical (unpaired) electrons. The number of aromatic nitrogens is 2. The Labute approximate surface area is 199 Å². The summed E-state index contributed by atoms with van der Waals surface area (Å²) < 4.78 is 42.5. The van der Waals surface area contributed by atoms with Crippen molar-refractivity contribution in [2.45, 2.75) is 19.5 Å². The largest absolute Gasteiger partial charge is 0.434 e. The van der Waals surface area contributed by atoms with Gasteiger partial charge in [-0.05, 0) is 36.2 Å². The number of anilines is 1. The zero-order valence-corrected chi connectivity index (χ0v) is 19.2. The maximum absolute atomic E-state index is 13.9. The Morgan fingerprint density at radius 2 is 1.74 bits per heavy atom. The number of alkyl halides is 3. The molecule has 34 heavy (non-hydrogen) atoms. The summed E-state index contributed by atoms with van der Waals surface area (Å²) in [5, 5.41) is 6.36. The van der Waals surface area contributed by atoms with Crippen LogP contribution in [0.3, 0.4) is 0 Å². The molecule has 178 valence electrons. The maximum Gasteiger partial charge on any atom is 0.434 e. The molecule has 1 aromatic heterocycles. The maximum atomic E-state index is 13.9. The van der Waals surface area contributed by atoms with Crippen LogP contribution < -0.4 is 5.32 Å². The monoisotopic (exact) mass is 488 g/mol. The van der Waals surface area contributed by atoms with Crippen molar-refractivity contribution in [3.63, 3.8) is 0 Å². The molecule has 0 unspecified atom stereocenters. The molecule has 1 aliphatic heterocycles. The quantitative estimate of drug-likeness (QED) is 0.572. The van der Waals surface area contributed by atoms with E-state index in [1.54, 1.807) is 49.4 Å². The van der Waals surface area contributed by atoms with Crippen LogP contribution in [0.25, 0.3) is 5.69 Å². The summed E-state index contributed by atoms with van der Waals surface area (Å²) in [6.07, 6.45) is -3.63. The normalized spacial score (nSPS) is 14.2. The molecular weight excluding hydrogens is 465 g/mol. The Hall–Kier alpha value is -3.27. The number of carbonyl (C=O) groups is 2. The Morgan fingerprint density at radius 3 is 2.38 bits per heavy atom. The summed E-state index contributed by atoms with van der Waals surface area (Å²) >= 11 is 1.82. The number of halogens is 3. The third-order valence-electron chi connectivity index (χ3n) is 5.56. The van der Waals surface area contributed by atoms with E-state index in [4.69, 9.17) is 0 Å².